The van der Waals surface area contributed by atoms with Gasteiger partial charge in [0.25, 0.3) is 0 Å². The Morgan fingerprint density at radius 1 is 1.16 bits per heavy atom. The molecular formula is C20H26N2O3. The zero-order valence-corrected chi connectivity index (χ0v) is 14.6. The van der Waals surface area contributed by atoms with Crippen LogP contribution in [0.15, 0.2) is 54.6 Å². The van der Waals surface area contributed by atoms with Crippen molar-refractivity contribution in [1.29, 1.82) is 0 Å². The number of carbonyl (C=O) groups is 1. The summed E-state index contributed by atoms with van der Waals surface area (Å²) in [5, 5.41) is 14.5. The second kappa shape index (κ2) is 10.4. The van der Waals surface area contributed by atoms with Gasteiger partial charge in [0.2, 0.25) is 0 Å². The molecular weight excluding hydrogens is 316 g/mol. The minimum atomic E-state index is -0.258. The van der Waals surface area contributed by atoms with Gasteiger partial charge in [-0.25, -0.2) is 4.79 Å². The number of nitrogens with one attached hydrogen (secondary N) is 2. The highest BCUT2D eigenvalue weighted by atomic mass is 16.5. The number of benzene rings is 2. The van der Waals surface area contributed by atoms with Crippen molar-refractivity contribution in [1.82, 2.24) is 5.32 Å². The molecule has 134 valence electrons. The van der Waals surface area contributed by atoms with Crippen molar-refractivity contribution in [2.24, 2.45) is 0 Å². The van der Waals surface area contributed by atoms with E-state index in [1.54, 1.807) is 0 Å². The van der Waals surface area contributed by atoms with Crippen LogP contribution in [-0.4, -0.2) is 30.4 Å². The summed E-state index contributed by atoms with van der Waals surface area (Å²) in [5.41, 5.74) is 1.91. The number of aliphatic hydroxyl groups is 1. The lowest BCUT2D eigenvalue weighted by Gasteiger charge is -2.14. The normalized spacial score (nSPS) is 11.6. The lowest BCUT2D eigenvalue weighted by molar-refractivity contribution is 0.245. The molecule has 0 saturated carbocycles. The van der Waals surface area contributed by atoms with Crippen molar-refractivity contribution in [2.45, 2.75) is 32.2 Å². The zero-order chi connectivity index (χ0) is 17.9. The third-order valence-electron chi connectivity index (χ3n) is 3.77. The number of urea groups is 1. The standard InChI is InChI=1S/C20H26N2O3/c1-16(7-6-13-23)21-20(24)22-18-10-5-11-19(15-18)25-14-12-17-8-3-2-4-9-17/h2-5,8-11,15-16,23H,6-7,12-14H2,1H3,(H2,21,22,24). The average Bonchev–Trinajstić information content (AvgIpc) is 2.61. The molecule has 3 N–H and O–H groups in total. The van der Waals surface area contributed by atoms with Crippen LogP contribution < -0.4 is 15.4 Å². The average molecular weight is 342 g/mol. The molecule has 0 fully saturated rings. The van der Waals surface area contributed by atoms with Crippen LogP contribution in [0.25, 0.3) is 0 Å². The van der Waals surface area contributed by atoms with Gasteiger partial charge in [-0.1, -0.05) is 36.4 Å². The van der Waals surface area contributed by atoms with Crippen LogP contribution >= 0.6 is 0 Å². The number of rotatable bonds is 9. The van der Waals surface area contributed by atoms with E-state index in [1.165, 1.54) is 5.56 Å². The van der Waals surface area contributed by atoms with E-state index >= 15 is 0 Å². The Kier molecular flexibility index (Phi) is 7.79. The lowest BCUT2D eigenvalue weighted by Crippen LogP contribution is -2.36. The monoisotopic (exact) mass is 342 g/mol. The van der Waals surface area contributed by atoms with Gasteiger partial charge in [0.1, 0.15) is 5.75 Å². The lowest BCUT2D eigenvalue weighted by atomic mass is 10.2. The number of anilines is 1. The van der Waals surface area contributed by atoms with E-state index < -0.39 is 0 Å². The van der Waals surface area contributed by atoms with Crippen LogP contribution in [-0.2, 0) is 6.42 Å². The molecule has 2 amide bonds. The van der Waals surface area contributed by atoms with Crippen molar-refractivity contribution >= 4 is 11.7 Å². The fourth-order valence-corrected chi connectivity index (χ4v) is 2.46. The summed E-state index contributed by atoms with van der Waals surface area (Å²) in [7, 11) is 0. The predicted octanol–water partition coefficient (Wildman–Crippen LogP) is 3.59. The first-order valence-electron chi connectivity index (χ1n) is 8.62. The number of aliphatic hydroxyl groups excluding tert-OH is 1. The van der Waals surface area contributed by atoms with Gasteiger partial charge in [0, 0.05) is 30.8 Å². The Morgan fingerprint density at radius 3 is 2.72 bits per heavy atom. The number of hydrogen-bond donors (Lipinski definition) is 3. The molecule has 0 aliphatic rings. The maximum Gasteiger partial charge on any atom is 0.319 e. The van der Waals surface area contributed by atoms with E-state index in [2.05, 4.69) is 22.8 Å². The maximum atomic E-state index is 12.0. The van der Waals surface area contributed by atoms with Crippen LogP contribution in [0.2, 0.25) is 0 Å². The molecule has 1 unspecified atom stereocenters. The zero-order valence-electron chi connectivity index (χ0n) is 14.6. The highest BCUT2D eigenvalue weighted by molar-refractivity contribution is 5.89. The molecule has 5 nitrogen and oxygen atoms in total. The highest BCUT2D eigenvalue weighted by Crippen LogP contribution is 2.17. The van der Waals surface area contributed by atoms with Gasteiger partial charge >= 0.3 is 6.03 Å². The molecule has 2 aromatic rings. The Labute approximate surface area is 149 Å². The summed E-state index contributed by atoms with van der Waals surface area (Å²) in [5.74, 6) is 0.724. The van der Waals surface area contributed by atoms with Crippen LogP contribution in [0.3, 0.4) is 0 Å². The fourth-order valence-electron chi connectivity index (χ4n) is 2.46. The minimum Gasteiger partial charge on any atom is -0.493 e. The molecule has 2 rings (SSSR count). The second-order valence-electron chi connectivity index (χ2n) is 5.98. The van der Waals surface area contributed by atoms with Gasteiger partial charge in [-0.15, -0.1) is 0 Å². The van der Waals surface area contributed by atoms with Crippen LogP contribution in [0.4, 0.5) is 10.5 Å². The van der Waals surface area contributed by atoms with Gasteiger partial charge in [0.15, 0.2) is 0 Å². The molecule has 5 heteroatoms. The van der Waals surface area contributed by atoms with E-state index in [-0.39, 0.29) is 18.7 Å². The maximum absolute atomic E-state index is 12.0. The molecule has 25 heavy (non-hydrogen) atoms. The molecule has 0 bridgehead atoms. The Hall–Kier alpha value is -2.53. The summed E-state index contributed by atoms with van der Waals surface area (Å²) in [4.78, 5) is 12.0. The third-order valence-corrected chi connectivity index (χ3v) is 3.77. The summed E-state index contributed by atoms with van der Waals surface area (Å²) in [6, 6.07) is 17.3. The highest BCUT2D eigenvalue weighted by Gasteiger charge is 2.07. The molecule has 0 aromatic heterocycles. The quantitative estimate of drug-likeness (QED) is 0.652. The SMILES string of the molecule is CC(CCCO)NC(=O)Nc1cccc(OCCc2ccccc2)c1. The Morgan fingerprint density at radius 2 is 1.96 bits per heavy atom. The number of ether oxygens (including phenoxy) is 1. The van der Waals surface area contributed by atoms with E-state index in [0.29, 0.717) is 18.7 Å². The molecule has 0 saturated heterocycles. The summed E-state index contributed by atoms with van der Waals surface area (Å²) < 4.78 is 5.77. The number of hydrogen-bond acceptors (Lipinski definition) is 3. The predicted molar refractivity (Wildman–Crippen MR) is 100 cm³/mol. The van der Waals surface area contributed by atoms with Crippen molar-refractivity contribution < 1.29 is 14.6 Å². The van der Waals surface area contributed by atoms with Crippen LogP contribution in [0.5, 0.6) is 5.75 Å². The van der Waals surface area contributed by atoms with Gasteiger partial charge in [-0.3, -0.25) is 0 Å². The molecule has 0 radical (unpaired) electrons. The summed E-state index contributed by atoms with van der Waals surface area (Å²) in [6.45, 7) is 2.63. The fraction of sp³-hybridized carbons (Fsp3) is 0.350. The topological polar surface area (TPSA) is 70.6 Å². The van der Waals surface area contributed by atoms with Gasteiger partial charge in [-0.05, 0) is 37.5 Å². The van der Waals surface area contributed by atoms with Crippen LogP contribution in [0.1, 0.15) is 25.3 Å². The van der Waals surface area contributed by atoms with Crippen molar-refractivity contribution in [3.05, 3.63) is 60.2 Å². The van der Waals surface area contributed by atoms with Crippen LogP contribution in [0, 0.1) is 0 Å². The van der Waals surface area contributed by atoms with Crippen molar-refractivity contribution in [3.8, 4) is 5.75 Å². The number of amides is 2. The second-order valence-corrected chi connectivity index (χ2v) is 5.98. The van der Waals surface area contributed by atoms with Gasteiger partial charge in [-0.2, -0.15) is 0 Å². The van der Waals surface area contributed by atoms with Crippen molar-refractivity contribution in [2.75, 3.05) is 18.5 Å². The Balaban J connectivity index is 1.79. The molecule has 0 aliphatic heterocycles. The first-order valence-corrected chi connectivity index (χ1v) is 8.62. The smallest absolute Gasteiger partial charge is 0.319 e. The molecule has 0 heterocycles. The molecule has 2 aromatic carbocycles. The van der Waals surface area contributed by atoms with E-state index in [4.69, 9.17) is 9.84 Å². The largest absolute Gasteiger partial charge is 0.493 e. The van der Waals surface area contributed by atoms with Crippen molar-refractivity contribution in [3.63, 3.8) is 0 Å². The minimum absolute atomic E-state index is 0.0115. The molecule has 0 aliphatic carbocycles. The van der Waals surface area contributed by atoms with E-state index in [1.807, 2.05) is 49.4 Å². The first kappa shape index (κ1) is 18.8. The summed E-state index contributed by atoms with van der Waals surface area (Å²) in [6.07, 6.45) is 2.25. The Bertz CT molecular complexity index is 646. The first-order chi connectivity index (χ1) is 12.2. The molecule has 1 atom stereocenters. The third kappa shape index (κ3) is 7.27. The molecule has 0 spiro atoms. The van der Waals surface area contributed by atoms with Gasteiger partial charge < -0.3 is 20.5 Å². The van der Waals surface area contributed by atoms with E-state index in [0.717, 1.165) is 18.6 Å². The number of carbonyl (C=O) groups excluding carboxylic acids is 1. The summed E-state index contributed by atoms with van der Waals surface area (Å²) >= 11 is 0. The van der Waals surface area contributed by atoms with E-state index in [9.17, 15) is 4.79 Å². The van der Waals surface area contributed by atoms with Gasteiger partial charge in [0.05, 0.1) is 6.61 Å².